The van der Waals surface area contributed by atoms with Crippen LogP contribution in [-0.4, -0.2) is 0 Å². The lowest BCUT2D eigenvalue weighted by atomic mass is 10.1. The van der Waals surface area contributed by atoms with Gasteiger partial charge in [-0.05, 0) is 42.7 Å². The van der Waals surface area contributed by atoms with E-state index < -0.39 is 0 Å². The average Bonchev–Trinajstić information content (AvgIpc) is 2.42. The molecule has 2 aromatic carbocycles. The van der Waals surface area contributed by atoms with Crippen molar-refractivity contribution in [3.63, 3.8) is 0 Å². The summed E-state index contributed by atoms with van der Waals surface area (Å²) >= 11 is 0. The molecule has 0 fully saturated rings. The lowest BCUT2D eigenvalue weighted by Gasteiger charge is -2.08. The lowest BCUT2D eigenvalue weighted by Crippen LogP contribution is -2.13. The van der Waals surface area contributed by atoms with E-state index in [1.54, 1.807) is 0 Å². The highest BCUT2D eigenvalue weighted by atomic mass is 14.8. The molecule has 2 heteroatoms. The molecule has 19 heavy (non-hydrogen) atoms. The fourth-order valence-corrected chi connectivity index (χ4v) is 2.01. The van der Waals surface area contributed by atoms with Crippen molar-refractivity contribution in [1.29, 1.82) is 5.26 Å². The van der Waals surface area contributed by atoms with Gasteiger partial charge in [0.2, 0.25) is 0 Å². The Morgan fingerprint density at radius 3 is 2.37 bits per heavy atom. The van der Waals surface area contributed by atoms with Crippen LogP contribution in [0.3, 0.4) is 0 Å². The van der Waals surface area contributed by atoms with Gasteiger partial charge in [0.25, 0.3) is 0 Å². The predicted octanol–water partition coefficient (Wildman–Crippen LogP) is 3.46. The van der Waals surface area contributed by atoms with Crippen molar-refractivity contribution in [2.45, 2.75) is 26.9 Å². The van der Waals surface area contributed by atoms with Crippen molar-refractivity contribution >= 4 is 0 Å². The minimum atomic E-state index is 0.722. The van der Waals surface area contributed by atoms with Crippen molar-refractivity contribution in [2.24, 2.45) is 0 Å². The first-order chi connectivity index (χ1) is 9.19. The molecule has 0 saturated heterocycles. The summed E-state index contributed by atoms with van der Waals surface area (Å²) in [7, 11) is 0. The quantitative estimate of drug-likeness (QED) is 0.902. The highest BCUT2D eigenvalue weighted by molar-refractivity contribution is 5.37. The van der Waals surface area contributed by atoms with E-state index in [4.69, 9.17) is 5.26 Å². The van der Waals surface area contributed by atoms with E-state index >= 15 is 0 Å². The third-order valence-electron chi connectivity index (χ3n) is 3.24. The van der Waals surface area contributed by atoms with Crippen LogP contribution in [0.1, 0.15) is 27.8 Å². The molecule has 0 aromatic heterocycles. The van der Waals surface area contributed by atoms with Gasteiger partial charge in [-0.1, -0.05) is 35.9 Å². The summed E-state index contributed by atoms with van der Waals surface area (Å²) in [6, 6.07) is 16.5. The molecule has 2 aromatic rings. The number of rotatable bonds is 4. The molecule has 0 aliphatic heterocycles. The normalized spacial score (nSPS) is 10.2. The largest absolute Gasteiger partial charge is 0.309 e. The fraction of sp³-hybridized carbons (Fsp3) is 0.235. The van der Waals surface area contributed by atoms with Crippen molar-refractivity contribution in [3.8, 4) is 6.07 Å². The number of benzene rings is 2. The molecule has 0 atom stereocenters. The van der Waals surface area contributed by atoms with E-state index in [9.17, 15) is 0 Å². The van der Waals surface area contributed by atoms with Gasteiger partial charge in [-0.3, -0.25) is 0 Å². The van der Waals surface area contributed by atoms with Gasteiger partial charge in [-0.25, -0.2) is 0 Å². The Labute approximate surface area is 114 Å². The first-order valence-corrected chi connectivity index (χ1v) is 6.45. The van der Waals surface area contributed by atoms with Crippen LogP contribution in [0.2, 0.25) is 0 Å². The molecular weight excluding hydrogens is 232 g/mol. The zero-order valence-electron chi connectivity index (χ0n) is 11.4. The van der Waals surface area contributed by atoms with Crippen LogP contribution in [0, 0.1) is 25.2 Å². The summed E-state index contributed by atoms with van der Waals surface area (Å²) in [5, 5.41) is 12.3. The van der Waals surface area contributed by atoms with Crippen LogP contribution in [-0.2, 0) is 13.1 Å². The van der Waals surface area contributed by atoms with Gasteiger partial charge in [-0.2, -0.15) is 5.26 Å². The molecule has 0 amide bonds. The first kappa shape index (κ1) is 13.3. The minimum absolute atomic E-state index is 0.722. The maximum Gasteiger partial charge on any atom is 0.0991 e. The Bertz CT molecular complexity index is 592. The van der Waals surface area contributed by atoms with E-state index in [1.807, 2.05) is 25.1 Å². The summed E-state index contributed by atoms with van der Waals surface area (Å²) < 4.78 is 0. The molecule has 96 valence electrons. The van der Waals surface area contributed by atoms with Gasteiger partial charge in [-0.15, -0.1) is 0 Å². The molecule has 0 radical (unpaired) electrons. The molecule has 0 unspecified atom stereocenters. The highest BCUT2D eigenvalue weighted by Crippen LogP contribution is 2.11. The highest BCUT2D eigenvalue weighted by Gasteiger charge is 2.00. The first-order valence-electron chi connectivity index (χ1n) is 6.45. The van der Waals surface area contributed by atoms with E-state index in [2.05, 4.69) is 42.6 Å². The Kier molecular flexibility index (Phi) is 4.33. The maximum atomic E-state index is 8.83. The van der Waals surface area contributed by atoms with E-state index in [0.717, 1.165) is 24.2 Å². The third-order valence-corrected chi connectivity index (χ3v) is 3.24. The molecule has 0 heterocycles. The van der Waals surface area contributed by atoms with Crippen LogP contribution in [0.4, 0.5) is 0 Å². The predicted molar refractivity (Wildman–Crippen MR) is 77.6 cm³/mol. The van der Waals surface area contributed by atoms with E-state index in [0.29, 0.717) is 0 Å². The topological polar surface area (TPSA) is 35.8 Å². The van der Waals surface area contributed by atoms with Crippen molar-refractivity contribution in [2.75, 3.05) is 0 Å². The molecule has 2 rings (SSSR count). The number of nitriles is 1. The molecule has 0 bridgehead atoms. The number of nitrogens with zero attached hydrogens (tertiary/aromatic N) is 1. The summed E-state index contributed by atoms with van der Waals surface area (Å²) in [6.45, 7) is 5.83. The number of hydrogen-bond acceptors (Lipinski definition) is 2. The second-order valence-electron chi connectivity index (χ2n) is 4.84. The van der Waals surface area contributed by atoms with Gasteiger partial charge < -0.3 is 5.32 Å². The molecule has 0 aliphatic carbocycles. The van der Waals surface area contributed by atoms with Crippen LogP contribution in [0.15, 0.2) is 42.5 Å². The summed E-state index contributed by atoms with van der Waals surface area (Å²) in [5.74, 6) is 0. The Morgan fingerprint density at radius 2 is 1.74 bits per heavy atom. The lowest BCUT2D eigenvalue weighted by molar-refractivity contribution is 0.690. The molecule has 0 spiro atoms. The zero-order chi connectivity index (χ0) is 13.7. The van der Waals surface area contributed by atoms with E-state index in [1.165, 1.54) is 16.7 Å². The van der Waals surface area contributed by atoms with Gasteiger partial charge in [0.05, 0.1) is 11.6 Å². The number of aryl methyl sites for hydroxylation is 2. The van der Waals surface area contributed by atoms with Gasteiger partial charge >= 0.3 is 0 Å². The fourth-order valence-electron chi connectivity index (χ4n) is 2.01. The Morgan fingerprint density at radius 1 is 1.00 bits per heavy atom. The van der Waals surface area contributed by atoms with Crippen LogP contribution >= 0.6 is 0 Å². The second kappa shape index (κ2) is 6.17. The van der Waals surface area contributed by atoms with Crippen LogP contribution in [0.5, 0.6) is 0 Å². The van der Waals surface area contributed by atoms with Crippen molar-refractivity contribution in [1.82, 2.24) is 5.32 Å². The van der Waals surface area contributed by atoms with E-state index in [-0.39, 0.29) is 0 Å². The Hall–Kier alpha value is -2.11. The monoisotopic (exact) mass is 250 g/mol. The van der Waals surface area contributed by atoms with Crippen molar-refractivity contribution < 1.29 is 0 Å². The minimum Gasteiger partial charge on any atom is -0.309 e. The zero-order valence-corrected chi connectivity index (χ0v) is 11.4. The SMILES string of the molecule is Cc1ccc(CNCc2ccc(C#N)cc2C)cc1. The molecule has 1 N–H and O–H groups in total. The molecule has 0 saturated carbocycles. The Balaban J connectivity index is 1.92. The molecular formula is C17H18N2. The third kappa shape index (κ3) is 3.67. The maximum absolute atomic E-state index is 8.83. The van der Waals surface area contributed by atoms with Crippen LogP contribution < -0.4 is 5.32 Å². The van der Waals surface area contributed by atoms with Crippen LogP contribution in [0.25, 0.3) is 0 Å². The van der Waals surface area contributed by atoms with Gasteiger partial charge in [0, 0.05) is 13.1 Å². The average molecular weight is 250 g/mol. The van der Waals surface area contributed by atoms with Crippen molar-refractivity contribution in [3.05, 3.63) is 70.3 Å². The molecule has 2 nitrogen and oxygen atoms in total. The second-order valence-corrected chi connectivity index (χ2v) is 4.84. The number of hydrogen-bond donors (Lipinski definition) is 1. The summed E-state index contributed by atoms with van der Waals surface area (Å²) in [5.41, 5.74) is 5.70. The summed E-state index contributed by atoms with van der Waals surface area (Å²) in [4.78, 5) is 0. The molecule has 0 aliphatic rings. The van der Waals surface area contributed by atoms with Gasteiger partial charge in [0.1, 0.15) is 0 Å². The standard InChI is InChI=1S/C17H18N2/c1-13-3-5-15(6-4-13)11-19-12-17-8-7-16(10-18)9-14(17)2/h3-9,19H,11-12H2,1-2H3. The van der Waals surface area contributed by atoms with Gasteiger partial charge in [0.15, 0.2) is 0 Å². The summed E-state index contributed by atoms with van der Waals surface area (Å²) in [6.07, 6.45) is 0. The number of nitrogens with one attached hydrogen (secondary N) is 1. The smallest absolute Gasteiger partial charge is 0.0991 e.